The lowest BCUT2D eigenvalue weighted by Gasteiger charge is -2.27. The maximum Gasteiger partial charge on any atom is 0.326 e. The maximum atomic E-state index is 12.7. The van der Waals surface area contributed by atoms with Gasteiger partial charge in [-0.3, -0.25) is 4.79 Å². The Morgan fingerprint density at radius 3 is 2.15 bits per heavy atom. The summed E-state index contributed by atoms with van der Waals surface area (Å²) < 4.78 is 25.4. The molecule has 20 heavy (non-hydrogen) atoms. The summed E-state index contributed by atoms with van der Waals surface area (Å²) in [5.74, 6) is -1.80. The molecule has 0 unspecified atom stereocenters. The highest BCUT2D eigenvalue weighted by Crippen LogP contribution is 2.29. The van der Waals surface area contributed by atoms with Gasteiger partial charge in [-0.25, -0.2) is 13.6 Å². The monoisotopic (exact) mass is 294 g/mol. The summed E-state index contributed by atoms with van der Waals surface area (Å²) in [5.41, 5.74) is 4.19. The van der Waals surface area contributed by atoms with Gasteiger partial charge in [0.2, 0.25) is 12.3 Å². The molecule has 0 fully saturated rings. The second-order valence-electron chi connectivity index (χ2n) is 6.13. The summed E-state index contributed by atoms with van der Waals surface area (Å²) in [7, 11) is 0. The fraction of sp³-hybridized carbons (Fsp3) is 0.846. The van der Waals surface area contributed by atoms with E-state index in [4.69, 9.17) is 10.8 Å². The van der Waals surface area contributed by atoms with Crippen LogP contribution < -0.4 is 11.1 Å². The van der Waals surface area contributed by atoms with Gasteiger partial charge in [0.1, 0.15) is 6.04 Å². The smallest absolute Gasteiger partial charge is 0.326 e. The molecular formula is C13H24F2N2O3. The van der Waals surface area contributed by atoms with Gasteiger partial charge >= 0.3 is 5.97 Å². The highest BCUT2D eigenvalue weighted by Gasteiger charge is 2.34. The Morgan fingerprint density at radius 1 is 1.30 bits per heavy atom. The number of alkyl halides is 2. The van der Waals surface area contributed by atoms with Crippen molar-refractivity contribution in [2.24, 2.45) is 17.1 Å². The topological polar surface area (TPSA) is 92.4 Å². The molecule has 0 aromatic heterocycles. The molecule has 7 heteroatoms. The van der Waals surface area contributed by atoms with Crippen LogP contribution in [0.1, 0.15) is 40.5 Å². The average Bonchev–Trinajstić information content (AvgIpc) is 2.26. The summed E-state index contributed by atoms with van der Waals surface area (Å²) in [6.07, 6.45) is -2.57. The molecule has 5 nitrogen and oxygen atoms in total. The molecule has 0 aromatic rings. The first kappa shape index (κ1) is 18.8. The fourth-order valence-electron chi connectivity index (χ4n) is 1.72. The third-order valence-corrected chi connectivity index (χ3v) is 3.00. The molecule has 0 spiro atoms. The van der Waals surface area contributed by atoms with Gasteiger partial charge in [-0.1, -0.05) is 27.7 Å². The standard InChI is InChI=1S/C13H24F2N2O3/c1-7(2)5-9(11(19)20)17-10(18)8(16)6-13(3,4)12(14)15/h7-9,12H,5-6,16H2,1-4H3,(H,17,18)(H,19,20)/t8-,9-/m0/s1. The largest absolute Gasteiger partial charge is 0.480 e. The highest BCUT2D eigenvalue weighted by atomic mass is 19.3. The van der Waals surface area contributed by atoms with Gasteiger partial charge in [0.15, 0.2) is 0 Å². The quantitative estimate of drug-likeness (QED) is 0.634. The number of nitrogens with one attached hydrogen (secondary N) is 1. The summed E-state index contributed by atoms with van der Waals surface area (Å²) in [6.45, 7) is 6.27. The number of aliphatic carboxylic acids is 1. The summed E-state index contributed by atoms with van der Waals surface area (Å²) in [5, 5.41) is 11.3. The van der Waals surface area contributed by atoms with E-state index in [0.717, 1.165) is 0 Å². The minimum atomic E-state index is -2.60. The second-order valence-corrected chi connectivity index (χ2v) is 6.13. The van der Waals surface area contributed by atoms with E-state index in [-0.39, 0.29) is 18.8 Å². The van der Waals surface area contributed by atoms with Crippen LogP contribution in [-0.2, 0) is 9.59 Å². The van der Waals surface area contributed by atoms with E-state index in [0.29, 0.717) is 0 Å². The number of nitrogens with two attached hydrogens (primary N) is 1. The molecule has 2 atom stereocenters. The lowest BCUT2D eigenvalue weighted by atomic mass is 9.86. The molecule has 0 aliphatic carbocycles. The summed E-state index contributed by atoms with van der Waals surface area (Å²) >= 11 is 0. The fourth-order valence-corrected chi connectivity index (χ4v) is 1.72. The zero-order valence-electron chi connectivity index (χ0n) is 12.3. The first-order valence-corrected chi connectivity index (χ1v) is 6.54. The third kappa shape index (κ3) is 6.27. The van der Waals surface area contributed by atoms with E-state index < -0.39 is 35.8 Å². The molecule has 0 rings (SSSR count). The Balaban J connectivity index is 4.61. The predicted octanol–water partition coefficient (Wildman–Crippen LogP) is 1.61. The number of rotatable bonds is 8. The van der Waals surface area contributed by atoms with Gasteiger partial charge in [-0.15, -0.1) is 0 Å². The van der Waals surface area contributed by atoms with Crippen LogP contribution in [0.4, 0.5) is 8.78 Å². The number of halogens is 2. The molecule has 1 amide bonds. The number of hydrogen-bond donors (Lipinski definition) is 3. The van der Waals surface area contributed by atoms with Crippen molar-refractivity contribution in [3.63, 3.8) is 0 Å². The van der Waals surface area contributed by atoms with Crippen LogP contribution in [-0.4, -0.2) is 35.5 Å². The van der Waals surface area contributed by atoms with Gasteiger partial charge in [-0.05, 0) is 18.8 Å². The third-order valence-electron chi connectivity index (χ3n) is 3.00. The number of carboxylic acids is 1. The maximum absolute atomic E-state index is 12.7. The Morgan fingerprint density at radius 2 is 1.80 bits per heavy atom. The highest BCUT2D eigenvalue weighted by molar-refractivity contribution is 5.86. The molecule has 0 saturated heterocycles. The zero-order valence-corrected chi connectivity index (χ0v) is 12.3. The molecule has 0 saturated carbocycles. The van der Waals surface area contributed by atoms with Crippen molar-refractivity contribution in [1.82, 2.24) is 5.32 Å². The lowest BCUT2D eigenvalue weighted by molar-refractivity contribution is -0.142. The minimum absolute atomic E-state index is 0.0742. The normalized spacial score (nSPS) is 15.2. The van der Waals surface area contributed by atoms with E-state index in [1.165, 1.54) is 13.8 Å². The van der Waals surface area contributed by atoms with Crippen molar-refractivity contribution in [2.45, 2.75) is 59.0 Å². The van der Waals surface area contributed by atoms with Crippen molar-refractivity contribution in [3.05, 3.63) is 0 Å². The lowest BCUT2D eigenvalue weighted by Crippen LogP contribution is -2.50. The number of carboxylic acid groups (broad SMARTS) is 1. The van der Waals surface area contributed by atoms with Crippen molar-refractivity contribution in [2.75, 3.05) is 0 Å². The van der Waals surface area contributed by atoms with Crippen molar-refractivity contribution in [1.29, 1.82) is 0 Å². The summed E-state index contributed by atoms with van der Waals surface area (Å²) in [4.78, 5) is 22.8. The van der Waals surface area contributed by atoms with E-state index in [1.54, 1.807) is 0 Å². The van der Waals surface area contributed by atoms with Crippen LogP contribution in [0.25, 0.3) is 0 Å². The number of carbonyl (C=O) groups is 2. The first-order chi connectivity index (χ1) is 8.97. The Bertz CT molecular complexity index is 347. The van der Waals surface area contributed by atoms with E-state index in [1.807, 2.05) is 13.8 Å². The van der Waals surface area contributed by atoms with Gasteiger partial charge in [0.05, 0.1) is 6.04 Å². The van der Waals surface area contributed by atoms with Gasteiger partial charge < -0.3 is 16.2 Å². The van der Waals surface area contributed by atoms with Crippen molar-refractivity contribution in [3.8, 4) is 0 Å². The van der Waals surface area contributed by atoms with Crippen molar-refractivity contribution >= 4 is 11.9 Å². The predicted molar refractivity (Wildman–Crippen MR) is 71.4 cm³/mol. The molecule has 118 valence electrons. The summed E-state index contributed by atoms with van der Waals surface area (Å²) in [6, 6.07) is -2.21. The van der Waals surface area contributed by atoms with Crippen molar-refractivity contribution < 1.29 is 23.5 Å². The van der Waals surface area contributed by atoms with Crippen LogP contribution in [0, 0.1) is 11.3 Å². The molecule has 4 N–H and O–H groups in total. The Labute approximate surface area is 117 Å². The van der Waals surface area contributed by atoms with Crippen LogP contribution in [0.3, 0.4) is 0 Å². The van der Waals surface area contributed by atoms with Gasteiger partial charge in [0, 0.05) is 5.41 Å². The SMILES string of the molecule is CC(C)C[C@H](NC(=O)[C@@H](N)CC(C)(C)C(F)F)C(=O)O. The van der Waals surface area contributed by atoms with Crippen LogP contribution in [0.15, 0.2) is 0 Å². The Kier molecular flexibility index (Phi) is 7.05. The molecule has 0 aliphatic heterocycles. The number of carbonyl (C=O) groups excluding carboxylic acids is 1. The van der Waals surface area contributed by atoms with Crippen LogP contribution in [0.2, 0.25) is 0 Å². The average molecular weight is 294 g/mol. The van der Waals surface area contributed by atoms with Gasteiger partial charge in [-0.2, -0.15) is 0 Å². The molecular weight excluding hydrogens is 270 g/mol. The first-order valence-electron chi connectivity index (χ1n) is 6.54. The van der Waals surface area contributed by atoms with E-state index >= 15 is 0 Å². The van der Waals surface area contributed by atoms with Crippen LogP contribution in [0.5, 0.6) is 0 Å². The zero-order chi connectivity index (χ0) is 16.1. The minimum Gasteiger partial charge on any atom is -0.480 e. The molecule has 0 bridgehead atoms. The molecule has 0 radical (unpaired) electrons. The molecule has 0 heterocycles. The van der Waals surface area contributed by atoms with E-state index in [2.05, 4.69) is 5.32 Å². The van der Waals surface area contributed by atoms with Gasteiger partial charge in [0.25, 0.3) is 0 Å². The molecule has 0 aliphatic rings. The Hall–Kier alpha value is -1.24. The van der Waals surface area contributed by atoms with E-state index in [9.17, 15) is 18.4 Å². The second kappa shape index (κ2) is 7.52. The number of hydrogen-bond acceptors (Lipinski definition) is 3. The number of amides is 1. The van der Waals surface area contributed by atoms with Crippen LogP contribution >= 0.6 is 0 Å². The molecule has 0 aromatic carbocycles.